The molecule has 2 amide bonds. The third kappa shape index (κ3) is 3.49. The molecule has 1 aliphatic heterocycles. The number of hydrogen-bond acceptors (Lipinski definition) is 3. The number of aryl methyl sites for hydroxylation is 1. The van der Waals surface area contributed by atoms with E-state index >= 15 is 0 Å². The molecule has 8 heteroatoms. The summed E-state index contributed by atoms with van der Waals surface area (Å²) in [5, 5.41) is 6.93. The summed E-state index contributed by atoms with van der Waals surface area (Å²) in [6.07, 6.45) is 3.21. The number of carbonyl (C=O) groups excluding carboxylic acids is 1. The van der Waals surface area contributed by atoms with Crippen LogP contribution in [0.25, 0.3) is 5.65 Å². The van der Waals surface area contributed by atoms with Gasteiger partial charge in [0.1, 0.15) is 11.5 Å². The monoisotopic (exact) mass is 383 g/mol. The van der Waals surface area contributed by atoms with Crippen LogP contribution in [0, 0.1) is 5.82 Å². The zero-order valence-corrected chi connectivity index (χ0v) is 15.6. The van der Waals surface area contributed by atoms with E-state index in [2.05, 4.69) is 10.4 Å². The quantitative estimate of drug-likeness (QED) is 0.754. The Morgan fingerprint density at radius 2 is 1.93 bits per heavy atom. The van der Waals surface area contributed by atoms with E-state index in [0.29, 0.717) is 19.6 Å². The van der Waals surface area contributed by atoms with E-state index in [1.54, 1.807) is 29.3 Å². The number of aromatic nitrogens is 3. The van der Waals surface area contributed by atoms with E-state index in [1.807, 2.05) is 17.7 Å². The molecule has 3 heterocycles. The number of benzene rings is 1. The fraction of sp³-hybridized carbons (Fsp3) is 0.350. The molecule has 1 saturated heterocycles. The number of halogens is 1. The molecule has 1 fully saturated rings. The normalized spacial score (nSPS) is 15.1. The standard InChI is InChI=1S/C20H22FN5O2/c1-24-17(12-19(27)26-18(24)6-9-23-26)15-7-10-25(11-8-15)20(28)22-13-14-2-4-16(21)5-3-14/h2-6,9,12,15H,7-8,10-11,13H2,1H3,(H,22,28). The average Bonchev–Trinajstić information content (AvgIpc) is 3.21. The number of amides is 2. The number of piperidine rings is 1. The van der Waals surface area contributed by atoms with Gasteiger partial charge in [0.2, 0.25) is 0 Å². The highest BCUT2D eigenvalue weighted by atomic mass is 19.1. The van der Waals surface area contributed by atoms with Gasteiger partial charge in [-0.1, -0.05) is 12.1 Å². The number of nitrogens with zero attached hydrogens (tertiary/aromatic N) is 4. The van der Waals surface area contributed by atoms with Gasteiger partial charge < -0.3 is 14.8 Å². The summed E-state index contributed by atoms with van der Waals surface area (Å²) in [5.41, 5.74) is 2.47. The van der Waals surface area contributed by atoms with E-state index in [4.69, 9.17) is 0 Å². The predicted molar refractivity (Wildman–Crippen MR) is 103 cm³/mol. The van der Waals surface area contributed by atoms with Crippen LogP contribution in [0.1, 0.15) is 30.0 Å². The van der Waals surface area contributed by atoms with Crippen LogP contribution < -0.4 is 10.9 Å². The van der Waals surface area contributed by atoms with Gasteiger partial charge in [0.25, 0.3) is 5.56 Å². The molecular formula is C20H22FN5O2. The Morgan fingerprint density at radius 1 is 1.21 bits per heavy atom. The smallest absolute Gasteiger partial charge is 0.317 e. The van der Waals surface area contributed by atoms with Crippen molar-refractivity contribution in [3.63, 3.8) is 0 Å². The van der Waals surface area contributed by atoms with Gasteiger partial charge >= 0.3 is 6.03 Å². The maximum absolute atomic E-state index is 13.0. The number of carbonyl (C=O) groups is 1. The highest BCUT2D eigenvalue weighted by Gasteiger charge is 2.25. The maximum Gasteiger partial charge on any atom is 0.317 e. The number of nitrogens with one attached hydrogen (secondary N) is 1. The molecule has 1 aromatic carbocycles. The largest absolute Gasteiger partial charge is 0.334 e. The molecule has 0 radical (unpaired) electrons. The zero-order chi connectivity index (χ0) is 19.7. The lowest BCUT2D eigenvalue weighted by atomic mass is 9.93. The minimum atomic E-state index is -0.291. The molecule has 2 aromatic heterocycles. The van der Waals surface area contributed by atoms with Crippen LogP contribution in [-0.4, -0.2) is 38.2 Å². The van der Waals surface area contributed by atoms with E-state index in [-0.39, 0.29) is 23.3 Å². The molecule has 1 N–H and O–H groups in total. The summed E-state index contributed by atoms with van der Waals surface area (Å²) in [5.74, 6) is -0.0700. The summed E-state index contributed by atoms with van der Waals surface area (Å²) in [4.78, 5) is 26.5. The summed E-state index contributed by atoms with van der Waals surface area (Å²) in [6, 6.07) is 9.44. The Bertz CT molecular complexity index is 1050. The predicted octanol–water partition coefficient (Wildman–Crippen LogP) is 2.26. The van der Waals surface area contributed by atoms with Gasteiger partial charge in [0, 0.05) is 50.4 Å². The van der Waals surface area contributed by atoms with Crippen molar-refractivity contribution in [1.29, 1.82) is 0 Å². The molecule has 3 aromatic rings. The van der Waals surface area contributed by atoms with Crippen LogP contribution in [0.4, 0.5) is 9.18 Å². The Labute approximate surface area is 161 Å². The molecule has 0 atom stereocenters. The first-order chi connectivity index (χ1) is 13.5. The number of urea groups is 1. The molecule has 0 saturated carbocycles. The minimum Gasteiger partial charge on any atom is -0.334 e. The number of rotatable bonds is 3. The minimum absolute atomic E-state index is 0.122. The summed E-state index contributed by atoms with van der Waals surface area (Å²) >= 11 is 0. The third-order valence-corrected chi connectivity index (χ3v) is 5.39. The topological polar surface area (TPSA) is 71.6 Å². The second-order valence-corrected chi connectivity index (χ2v) is 7.11. The highest BCUT2D eigenvalue weighted by molar-refractivity contribution is 5.74. The molecule has 0 bridgehead atoms. The van der Waals surface area contributed by atoms with Crippen LogP contribution in [0.15, 0.2) is 47.4 Å². The first-order valence-corrected chi connectivity index (χ1v) is 9.34. The van der Waals surface area contributed by atoms with Crippen molar-refractivity contribution in [3.05, 3.63) is 70.0 Å². The molecule has 146 valence electrons. The molecule has 1 aliphatic rings. The second-order valence-electron chi connectivity index (χ2n) is 7.11. The van der Waals surface area contributed by atoms with E-state index in [9.17, 15) is 14.0 Å². The van der Waals surface area contributed by atoms with Crippen molar-refractivity contribution in [2.45, 2.75) is 25.3 Å². The van der Waals surface area contributed by atoms with E-state index in [0.717, 1.165) is 29.7 Å². The van der Waals surface area contributed by atoms with E-state index in [1.165, 1.54) is 16.6 Å². The van der Waals surface area contributed by atoms with Crippen LogP contribution in [0.2, 0.25) is 0 Å². The Hall–Kier alpha value is -3.16. The summed E-state index contributed by atoms with van der Waals surface area (Å²) in [7, 11) is 1.94. The van der Waals surface area contributed by atoms with Gasteiger partial charge in [-0.15, -0.1) is 0 Å². The molecule has 0 unspecified atom stereocenters. The highest BCUT2D eigenvalue weighted by Crippen LogP contribution is 2.27. The van der Waals surface area contributed by atoms with Gasteiger partial charge in [0.15, 0.2) is 0 Å². The van der Waals surface area contributed by atoms with Gasteiger partial charge in [-0.3, -0.25) is 4.79 Å². The molecule has 7 nitrogen and oxygen atoms in total. The molecular weight excluding hydrogens is 361 g/mol. The van der Waals surface area contributed by atoms with E-state index < -0.39 is 0 Å². The number of likely N-dealkylation sites (tertiary alicyclic amines) is 1. The van der Waals surface area contributed by atoms with Crippen LogP contribution in [0.5, 0.6) is 0 Å². The van der Waals surface area contributed by atoms with Crippen molar-refractivity contribution in [2.24, 2.45) is 7.05 Å². The molecule has 28 heavy (non-hydrogen) atoms. The first kappa shape index (κ1) is 18.2. The third-order valence-electron chi connectivity index (χ3n) is 5.39. The van der Waals surface area contributed by atoms with Crippen molar-refractivity contribution in [3.8, 4) is 0 Å². The lowest BCUT2D eigenvalue weighted by Gasteiger charge is -2.33. The summed E-state index contributed by atoms with van der Waals surface area (Å²) in [6.45, 7) is 1.61. The van der Waals surface area contributed by atoms with Crippen LogP contribution >= 0.6 is 0 Å². The van der Waals surface area contributed by atoms with Gasteiger partial charge in [0.05, 0.1) is 6.20 Å². The van der Waals surface area contributed by atoms with Gasteiger partial charge in [-0.05, 0) is 30.5 Å². The Balaban J connectivity index is 1.38. The van der Waals surface area contributed by atoms with Gasteiger partial charge in [-0.25, -0.2) is 9.18 Å². The zero-order valence-electron chi connectivity index (χ0n) is 15.6. The fourth-order valence-corrected chi connectivity index (χ4v) is 3.80. The lowest BCUT2D eigenvalue weighted by molar-refractivity contribution is 0.180. The molecule has 0 aliphatic carbocycles. The van der Waals surface area contributed by atoms with Crippen molar-refractivity contribution in [2.75, 3.05) is 13.1 Å². The Morgan fingerprint density at radius 3 is 2.64 bits per heavy atom. The molecule has 4 rings (SSSR count). The SMILES string of the molecule is Cn1c(C2CCN(C(=O)NCc3ccc(F)cc3)CC2)cc(=O)n2nccc12. The number of hydrogen-bond donors (Lipinski definition) is 1. The number of fused-ring (bicyclic) bond motifs is 1. The van der Waals surface area contributed by atoms with Gasteiger partial charge in [-0.2, -0.15) is 9.61 Å². The average molecular weight is 383 g/mol. The lowest BCUT2D eigenvalue weighted by Crippen LogP contribution is -2.44. The van der Waals surface area contributed by atoms with Crippen molar-refractivity contribution in [1.82, 2.24) is 24.4 Å². The fourth-order valence-electron chi connectivity index (χ4n) is 3.80. The second kappa shape index (κ2) is 7.46. The van der Waals surface area contributed by atoms with Crippen molar-refractivity contribution >= 4 is 11.7 Å². The summed E-state index contributed by atoms with van der Waals surface area (Å²) < 4.78 is 16.3. The maximum atomic E-state index is 13.0. The van der Waals surface area contributed by atoms with Crippen LogP contribution in [-0.2, 0) is 13.6 Å². The first-order valence-electron chi connectivity index (χ1n) is 9.34. The Kier molecular flexibility index (Phi) is 4.85. The van der Waals surface area contributed by atoms with Crippen LogP contribution in [0.3, 0.4) is 0 Å². The van der Waals surface area contributed by atoms with Crippen molar-refractivity contribution < 1.29 is 9.18 Å². The molecule has 0 spiro atoms.